The molecule has 0 N–H and O–H groups in total. The maximum Gasteiger partial charge on any atom is 0.164 e. The first-order valence-electron chi connectivity index (χ1n) is 6.32. The average molecular weight is 271 g/mol. The smallest absolute Gasteiger partial charge is 0.164 e. The van der Waals surface area contributed by atoms with E-state index in [0.29, 0.717) is 16.9 Å². The molecule has 1 aliphatic rings. The summed E-state index contributed by atoms with van der Waals surface area (Å²) in [7, 11) is 0. The summed E-state index contributed by atoms with van der Waals surface area (Å²) < 4.78 is 5.54. The van der Waals surface area contributed by atoms with E-state index in [4.69, 9.17) is 16.0 Å². The number of benzene rings is 1. The predicted molar refractivity (Wildman–Crippen MR) is 74.2 cm³/mol. The molecule has 4 rings (SSSR count). The number of hydrogen-bond donors (Lipinski definition) is 0. The normalized spacial score (nSPS) is 15.0. The van der Waals surface area contributed by atoms with E-state index in [1.807, 2.05) is 30.3 Å². The van der Waals surface area contributed by atoms with Gasteiger partial charge in [0, 0.05) is 17.0 Å². The van der Waals surface area contributed by atoms with Crippen molar-refractivity contribution in [1.29, 1.82) is 0 Å². The van der Waals surface area contributed by atoms with Gasteiger partial charge in [0.2, 0.25) is 0 Å². The molecular weight excluding hydrogens is 260 g/mol. The van der Waals surface area contributed by atoms with Crippen LogP contribution in [0.4, 0.5) is 0 Å². The van der Waals surface area contributed by atoms with Crippen molar-refractivity contribution < 1.29 is 4.42 Å². The minimum atomic E-state index is 0.497. The van der Waals surface area contributed by atoms with Gasteiger partial charge in [-0.25, -0.2) is 9.97 Å². The van der Waals surface area contributed by atoms with Crippen molar-refractivity contribution >= 4 is 22.6 Å². The van der Waals surface area contributed by atoms with E-state index in [0.717, 1.165) is 22.2 Å². The van der Waals surface area contributed by atoms with Crippen molar-refractivity contribution in [1.82, 2.24) is 9.97 Å². The third-order valence-corrected chi connectivity index (χ3v) is 3.63. The Labute approximate surface area is 115 Å². The molecule has 2 heterocycles. The molecule has 0 spiro atoms. The quantitative estimate of drug-likeness (QED) is 0.647. The highest BCUT2D eigenvalue weighted by atomic mass is 35.5. The van der Waals surface area contributed by atoms with Crippen molar-refractivity contribution in [3.05, 3.63) is 47.4 Å². The molecule has 1 aromatic carbocycles. The van der Waals surface area contributed by atoms with Crippen LogP contribution in [0.5, 0.6) is 0 Å². The van der Waals surface area contributed by atoms with Gasteiger partial charge in [-0.15, -0.1) is 0 Å². The molecule has 1 fully saturated rings. The van der Waals surface area contributed by atoms with Crippen LogP contribution in [0.25, 0.3) is 22.4 Å². The standard InChI is InChI=1S/C15H11ClN2O/c16-14-7-12(9-5-6-9)17-15(18-14)11-8-19-13-4-2-1-3-10(11)13/h1-4,7-9H,5-6H2. The summed E-state index contributed by atoms with van der Waals surface area (Å²) in [6, 6.07) is 9.74. The van der Waals surface area contributed by atoms with Crippen LogP contribution in [0.3, 0.4) is 0 Å². The van der Waals surface area contributed by atoms with Crippen LogP contribution in [0.2, 0.25) is 5.15 Å². The molecule has 1 saturated carbocycles. The Morgan fingerprint density at radius 1 is 1.16 bits per heavy atom. The van der Waals surface area contributed by atoms with Crippen LogP contribution < -0.4 is 0 Å². The summed E-state index contributed by atoms with van der Waals surface area (Å²) in [6.07, 6.45) is 4.09. The van der Waals surface area contributed by atoms with E-state index in [-0.39, 0.29) is 0 Å². The van der Waals surface area contributed by atoms with E-state index in [2.05, 4.69) is 9.97 Å². The molecule has 0 bridgehead atoms. The molecule has 94 valence electrons. The predicted octanol–water partition coefficient (Wildman–Crippen LogP) is 4.42. The SMILES string of the molecule is Clc1cc(C2CC2)nc(-c2coc3ccccc23)n1. The zero-order valence-corrected chi connectivity index (χ0v) is 10.9. The number of aromatic nitrogens is 2. The topological polar surface area (TPSA) is 38.9 Å². The zero-order valence-electron chi connectivity index (χ0n) is 10.1. The first-order valence-corrected chi connectivity index (χ1v) is 6.70. The molecule has 1 aliphatic carbocycles. The fraction of sp³-hybridized carbons (Fsp3) is 0.200. The number of nitrogens with zero attached hydrogens (tertiary/aromatic N) is 2. The van der Waals surface area contributed by atoms with E-state index < -0.39 is 0 Å². The molecular formula is C15H11ClN2O. The van der Waals surface area contributed by atoms with Crippen LogP contribution in [0.1, 0.15) is 24.5 Å². The average Bonchev–Trinajstić information content (AvgIpc) is 3.18. The zero-order chi connectivity index (χ0) is 12.8. The van der Waals surface area contributed by atoms with Gasteiger partial charge in [-0.1, -0.05) is 29.8 Å². The molecule has 19 heavy (non-hydrogen) atoms. The number of rotatable bonds is 2. The maximum absolute atomic E-state index is 6.11. The number of halogens is 1. The highest BCUT2D eigenvalue weighted by Crippen LogP contribution is 2.40. The summed E-state index contributed by atoms with van der Waals surface area (Å²) in [5.74, 6) is 1.21. The fourth-order valence-electron chi connectivity index (χ4n) is 2.29. The van der Waals surface area contributed by atoms with Gasteiger partial charge in [-0.3, -0.25) is 0 Å². The molecule has 0 saturated heterocycles. The maximum atomic E-state index is 6.11. The van der Waals surface area contributed by atoms with Crippen molar-refractivity contribution in [2.24, 2.45) is 0 Å². The van der Waals surface area contributed by atoms with Gasteiger partial charge < -0.3 is 4.42 Å². The first kappa shape index (κ1) is 11.0. The lowest BCUT2D eigenvalue weighted by atomic mass is 10.1. The van der Waals surface area contributed by atoms with Crippen LogP contribution in [0.15, 0.2) is 41.0 Å². The van der Waals surface area contributed by atoms with Crippen molar-refractivity contribution in [3.63, 3.8) is 0 Å². The second kappa shape index (κ2) is 4.07. The Balaban J connectivity index is 1.91. The summed E-state index contributed by atoms with van der Waals surface area (Å²) in [5.41, 5.74) is 2.79. The molecule has 4 heteroatoms. The van der Waals surface area contributed by atoms with Gasteiger partial charge in [0.05, 0.1) is 5.56 Å². The van der Waals surface area contributed by atoms with E-state index >= 15 is 0 Å². The Hall–Kier alpha value is -1.87. The third kappa shape index (κ3) is 1.90. The van der Waals surface area contributed by atoms with Gasteiger partial charge >= 0.3 is 0 Å². The highest BCUT2D eigenvalue weighted by molar-refractivity contribution is 6.29. The van der Waals surface area contributed by atoms with Crippen molar-refractivity contribution in [3.8, 4) is 11.4 Å². The second-order valence-electron chi connectivity index (χ2n) is 4.86. The van der Waals surface area contributed by atoms with Crippen LogP contribution in [-0.2, 0) is 0 Å². The van der Waals surface area contributed by atoms with E-state index in [1.54, 1.807) is 6.26 Å². The minimum Gasteiger partial charge on any atom is -0.464 e. The van der Waals surface area contributed by atoms with Crippen LogP contribution in [0, 0.1) is 0 Å². The molecule has 0 atom stereocenters. The summed E-state index contributed by atoms with van der Waals surface area (Å²) in [6.45, 7) is 0. The lowest BCUT2D eigenvalue weighted by molar-refractivity contribution is 0.616. The Morgan fingerprint density at radius 3 is 2.84 bits per heavy atom. The number of para-hydroxylation sites is 1. The van der Waals surface area contributed by atoms with Gasteiger partial charge in [0.25, 0.3) is 0 Å². The van der Waals surface area contributed by atoms with Gasteiger partial charge in [0.1, 0.15) is 17.0 Å². The Bertz CT molecular complexity index is 762. The number of fused-ring (bicyclic) bond motifs is 1. The lowest BCUT2D eigenvalue weighted by Crippen LogP contribution is -1.94. The lowest BCUT2D eigenvalue weighted by Gasteiger charge is -2.02. The molecule has 0 aliphatic heterocycles. The number of hydrogen-bond acceptors (Lipinski definition) is 3. The summed E-state index contributed by atoms with van der Waals surface area (Å²) >= 11 is 6.11. The molecule has 0 radical (unpaired) electrons. The number of furan rings is 1. The van der Waals surface area contributed by atoms with Gasteiger partial charge in [-0.05, 0) is 25.0 Å². The highest BCUT2D eigenvalue weighted by Gasteiger charge is 2.26. The monoisotopic (exact) mass is 270 g/mol. The Morgan fingerprint density at radius 2 is 2.00 bits per heavy atom. The minimum absolute atomic E-state index is 0.497. The van der Waals surface area contributed by atoms with Crippen molar-refractivity contribution in [2.75, 3.05) is 0 Å². The second-order valence-corrected chi connectivity index (χ2v) is 5.25. The molecule has 0 unspecified atom stereocenters. The van der Waals surface area contributed by atoms with E-state index in [9.17, 15) is 0 Å². The van der Waals surface area contributed by atoms with Crippen LogP contribution >= 0.6 is 11.6 Å². The van der Waals surface area contributed by atoms with Crippen LogP contribution in [-0.4, -0.2) is 9.97 Å². The van der Waals surface area contributed by atoms with Crippen molar-refractivity contribution in [2.45, 2.75) is 18.8 Å². The van der Waals surface area contributed by atoms with Gasteiger partial charge in [-0.2, -0.15) is 0 Å². The molecule has 3 aromatic rings. The fourth-order valence-corrected chi connectivity index (χ4v) is 2.49. The molecule has 0 amide bonds. The molecule has 2 aromatic heterocycles. The molecule has 3 nitrogen and oxygen atoms in total. The van der Waals surface area contributed by atoms with E-state index in [1.165, 1.54) is 12.8 Å². The largest absolute Gasteiger partial charge is 0.464 e. The summed E-state index contributed by atoms with van der Waals surface area (Å²) in [4.78, 5) is 8.96. The first-order chi connectivity index (χ1) is 9.31. The van der Waals surface area contributed by atoms with Gasteiger partial charge in [0.15, 0.2) is 5.82 Å². The third-order valence-electron chi connectivity index (χ3n) is 3.43. The Kier molecular flexibility index (Phi) is 2.35. The summed E-state index contributed by atoms with van der Waals surface area (Å²) in [5, 5.41) is 1.52.